The molecule has 0 radical (unpaired) electrons. The molecule has 0 saturated carbocycles. The Balaban J connectivity index is 3.11. The van der Waals surface area contributed by atoms with Crippen LogP contribution in [0, 0.1) is 0 Å². The molecule has 0 bridgehead atoms. The number of aliphatic hydroxyl groups is 1. The van der Waals surface area contributed by atoms with Gasteiger partial charge in [0.25, 0.3) is 6.47 Å². The van der Waals surface area contributed by atoms with Gasteiger partial charge in [0, 0.05) is 0 Å². The Bertz CT molecular complexity index is 195. The highest BCUT2D eigenvalue weighted by atomic mass is 16.5. The third kappa shape index (κ3) is 13.9. The van der Waals surface area contributed by atoms with E-state index in [9.17, 15) is 4.79 Å². The van der Waals surface area contributed by atoms with Crippen LogP contribution in [0.4, 0.5) is 0 Å². The molecule has 3 heteroatoms. The average molecular weight is 286 g/mol. The quantitative estimate of drug-likeness (QED) is 0.333. The van der Waals surface area contributed by atoms with Crippen LogP contribution in [0.5, 0.6) is 0 Å². The first-order valence-electron chi connectivity index (χ1n) is 8.55. The Morgan fingerprint density at radius 2 is 1.30 bits per heavy atom. The van der Waals surface area contributed by atoms with Crippen LogP contribution in [0.15, 0.2) is 0 Å². The van der Waals surface area contributed by atoms with Gasteiger partial charge in [-0.1, -0.05) is 77.6 Å². The molecule has 0 aliphatic rings. The van der Waals surface area contributed by atoms with E-state index < -0.39 is 0 Å². The van der Waals surface area contributed by atoms with Crippen LogP contribution in [0.1, 0.15) is 90.4 Å². The number of rotatable bonds is 16. The predicted molar refractivity (Wildman–Crippen MR) is 83.7 cm³/mol. The van der Waals surface area contributed by atoms with Gasteiger partial charge >= 0.3 is 0 Å². The van der Waals surface area contributed by atoms with Crippen molar-refractivity contribution in [1.29, 1.82) is 0 Å². The van der Waals surface area contributed by atoms with Crippen molar-refractivity contribution >= 4 is 6.47 Å². The number of unbranched alkanes of at least 4 members (excludes halogenated alkanes) is 11. The molecule has 0 aromatic carbocycles. The lowest BCUT2D eigenvalue weighted by atomic mass is 10.0. The zero-order chi connectivity index (χ0) is 14.9. The Morgan fingerprint density at radius 1 is 0.850 bits per heavy atom. The Morgan fingerprint density at radius 3 is 1.70 bits per heavy atom. The first-order chi connectivity index (χ1) is 9.85. The highest BCUT2D eigenvalue weighted by Crippen LogP contribution is 2.13. The van der Waals surface area contributed by atoms with Gasteiger partial charge < -0.3 is 9.84 Å². The Hall–Kier alpha value is -0.570. The summed E-state index contributed by atoms with van der Waals surface area (Å²) in [4.78, 5) is 10.2. The number of ether oxygens (including phenoxy) is 1. The van der Waals surface area contributed by atoms with Crippen molar-refractivity contribution in [3.05, 3.63) is 0 Å². The molecule has 0 amide bonds. The van der Waals surface area contributed by atoms with Crippen molar-refractivity contribution < 1.29 is 14.6 Å². The van der Waals surface area contributed by atoms with Crippen molar-refractivity contribution in [3.63, 3.8) is 0 Å². The minimum absolute atomic E-state index is 0.0588. The van der Waals surface area contributed by atoms with Crippen molar-refractivity contribution in [2.45, 2.75) is 96.5 Å². The topological polar surface area (TPSA) is 46.5 Å². The van der Waals surface area contributed by atoms with Crippen LogP contribution in [-0.2, 0) is 9.53 Å². The van der Waals surface area contributed by atoms with Gasteiger partial charge in [0.05, 0.1) is 6.61 Å². The van der Waals surface area contributed by atoms with Gasteiger partial charge in [-0.3, -0.25) is 4.79 Å². The third-order valence-electron chi connectivity index (χ3n) is 3.83. The number of hydrogen-bond acceptors (Lipinski definition) is 3. The van der Waals surface area contributed by atoms with Gasteiger partial charge in [0.1, 0.15) is 6.10 Å². The number of carbonyl (C=O) groups excluding carboxylic acids is 1. The van der Waals surface area contributed by atoms with Crippen LogP contribution in [0.3, 0.4) is 0 Å². The number of carbonyl (C=O) groups is 1. The maximum atomic E-state index is 10.2. The molecule has 120 valence electrons. The maximum absolute atomic E-state index is 10.2. The van der Waals surface area contributed by atoms with E-state index in [2.05, 4.69) is 6.92 Å². The van der Waals surface area contributed by atoms with Crippen LogP contribution < -0.4 is 0 Å². The molecular weight excluding hydrogens is 252 g/mol. The van der Waals surface area contributed by atoms with Crippen molar-refractivity contribution in [2.24, 2.45) is 0 Å². The summed E-state index contributed by atoms with van der Waals surface area (Å²) in [5.41, 5.74) is 0. The van der Waals surface area contributed by atoms with Gasteiger partial charge in [0.15, 0.2) is 0 Å². The van der Waals surface area contributed by atoms with E-state index in [1.54, 1.807) is 0 Å². The molecule has 0 rings (SSSR count). The second-order valence-electron chi connectivity index (χ2n) is 5.71. The summed E-state index contributed by atoms with van der Waals surface area (Å²) in [6.45, 7) is 2.63. The van der Waals surface area contributed by atoms with E-state index in [0.29, 0.717) is 6.47 Å². The van der Waals surface area contributed by atoms with Crippen LogP contribution >= 0.6 is 0 Å². The second kappa shape index (κ2) is 16.5. The number of hydrogen-bond donors (Lipinski definition) is 1. The molecule has 0 aromatic heterocycles. The van der Waals surface area contributed by atoms with E-state index in [0.717, 1.165) is 12.8 Å². The van der Waals surface area contributed by atoms with Crippen molar-refractivity contribution in [1.82, 2.24) is 0 Å². The van der Waals surface area contributed by atoms with Crippen molar-refractivity contribution in [3.8, 4) is 0 Å². The minimum Gasteiger partial charge on any atom is -0.462 e. The molecule has 1 N–H and O–H groups in total. The molecule has 0 spiro atoms. The molecule has 0 aromatic rings. The fraction of sp³-hybridized carbons (Fsp3) is 0.941. The summed E-state index contributed by atoms with van der Waals surface area (Å²) in [5.74, 6) is 0. The van der Waals surface area contributed by atoms with E-state index in [1.165, 1.54) is 70.6 Å². The smallest absolute Gasteiger partial charge is 0.293 e. The van der Waals surface area contributed by atoms with Crippen LogP contribution in [-0.4, -0.2) is 24.3 Å². The highest BCUT2D eigenvalue weighted by Gasteiger charge is 2.06. The predicted octanol–water partition coefficient (Wildman–Crippen LogP) is 4.61. The summed E-state index contributed by atoms with van der Waals surface area (Å²) < 4.78 is 4.76. The molecule has 1 atom stereocenters. The molecule has 0 heterocycles. The largest absolute Gasteiger partial charge is 0.462 e. The Kier molecular flexibility index (Phi) is 16.0. The molecule has 3 nitrogen and oxygen atoms in total. The monoisotopic (exact) mass is 286 g/mol. The maximum Gasteiger partial charge on any atom is 0.293 e. The average Bonchev–Trinajstić information content (AvgIpc) is 2.47. The molecule has 0 fully saturated rings. The van der Waals surface area contributed by atoms with E-state index >= 15 is 0 Å². The van der Waals surface area contributed by atoms with Crippen LogP contribution in [0.2, 0.25) is 0 Å². The Labute approximate surface area is 125 Å². The summed E-state index contributed by atoms with van der Waals surface area (Å²) in [6, 6.07) is 0. The first kappa shape index (κ1) is 19.4. The van der Waals surface area contributed by atoms with Gasteiger partial charge in [-0.2, -0.15) is 0 Å². The molecule has 20 heavy (non-hydrogen) atoms. The lowest BCUT2D eigenvalue weighted by Crippen LogP contribution is -2.16. The standard InChI is InChI=1S/C17H34O3/c1-2-3-4-5-6-7-8-9-10-11-12-13-14-17(15-18)20-16-19/h16-18H,2-15H2,1H3. The SMILES string of the molecule is CCCCCCCCCCCCCCC(CO)OC=O. The molecular formula is C17H34O3. The molecule has 1 unspecified atom stereocenters. The fourth-order valence-electron chi connectivity index (χ4n) is 2.49. The zero-order valence-electron chi connectivity index (χ0n) is 13.3. The minimum atomic E-state index is -0.296. The van der Waals surface area contributed by atoms with Crippen LogP contribution in [0.25, 0.3) is 0 Å². The summed E-state index contributed by atoms with van der Waals surface area (Å²) in [7, 11) is 0. The number of aliphatic hydroxyl groups excluding tert-OH is 1. The lowest BCUT2D eigenvalue weighted by molar-refractivity contribution is -0.135. The van der Waals surface area contributed by atoms with E-state index in [-0.39, 0.29) is 12.7 Å². The first-order valence-corrected chi connectivity index (χ1v) is 8.55. The van der Waals surface area contributed by atoms with Gasteiger partial charge in [-0.15, -0.1) is 0 Å². The third-order valence-corrected chi connectivity index (χ3v) is 3.83. The summed E-state index contributed by atoms with van der Waals surface area (Å²) in [6.07, 6.45) is 16.3. The second-order valence-corrected chi connectivity index (χ2v) is 5.71. The van der Waals surface area contributed by atoms with E-state index in [4.69, 9.17) is 9.84 Å². The van der Waals surface area contributed by atoms with Gasteiger partial charge in [-0.05, 0) is 12.8 Å². The van der Waals surface area contributed by atoms with Gasteiger partial charge in [-0.25, -0.2) is 0 Å². The van der Waals surface area contributed by atoms with Crippen molar-refractivity contribution in [2.75, 3.05) is 6.61 Å². The zero-order valence-corrected chi connectivity index (χ0v) is 13.3. The fourth-order valence-corrected chi connectivity index (χ4v) is 2.49. The summed E-state index contributed by atoms with van der Waals surface area (Å²) >= 11 is 0. The molecule has 0 aliphatic heterocycles. The normalized spacial score (nSPS) is 12.3. The highest BCUT2D eigenvalue weighted by molar-refractivity contribution is 5.37. The van der Waals surface area contributed by atoms with Gasteiger partial charge in [0.2, 0.25) is 0 Å². The summed E-state index contributed by atoms with van der Waals surface area (Å²) in [5, 5.41) is 8.95. The lowest BCUT2D eigenvalue weighted by Gasteiger charge is -2.11. The molecule has 0 saturated heterocycles. The van der Waals surface area contributed by atoms with E-state index in [1.807, 2.05) is 0 Å². The molecule has 0 aliphatic carbocycles.